The van der Waals surface area contributed by atoms with Gasteiger partial charge in [0.1, 0.15) is 5.75 Å². The summed E-state index contributed by atoms with van der Waals surface area (Å²) in [7, 11) is 0. The van der Waals surface area contributed by atoms with Crippen LogP contribution in [0.5, 0.6) is 5.75 Å². The van der Waals surface area contributed by atoms with E-state index in [-0.39, 0.29) is 17.1 Å². The van der Waals surface area contributed by atoms with E-state index in [1.165, 1.54) is 36.5 Å². The third-order valence-corrected chi connectivity index (χ3v) is 3.03. The first-order chi connectivity index (χ1) is 10.8. The van der Waals surface area contributed by atoms with Gasteiger partial charge < -0.3 is 4.74 Å². The van der Waals surface area contributed by atoms with Gasteiger partial charge in [0.15, 0.2) is 11.3 Å². The van der Waals surface area contributed by atoms with Crippen LogP contribution in [0.1, 0.15) is 5.69 Å². The number of nitrogens with zero attached hydrogens (tertiary/aromatic N) is 3. The van der Waals surface area contributed by atoms with E-state index in [9.17, 15) is 22.0 Å². The fourth-order valence-electron chi connectivity index (χ4n) is 2.07. The summed E-state index contributed by atoms with van der Waals surface area (Å²) >= 11 is 0. The van der Waals surface area contributed by atoms with E-state index in [1.807, 2.05) is 0 Å². The van der Waals surface area contributed by atoms with Crippen molar-refractivity contribution < 1.29 is 26.7 Å². The highest BCUT2D eigenvalue weighted by Crippen LogP contribution is 2.32. The highest BCUT2D eigenvalue weighted by atomic mass is 19.4. The predicted molar refractivity (Wildman–Crippen MR) is 70.1 cm³/mol. The van der Waals surface area contributed by atoms with Gasteiger partial charge in [-0.2, -0.15) is 27.1 Å². The second-order valence-corrected chi connectivity index (χ2v) is 4.53. The van der Waals surface area contributed by atoms with E-state index >= 15 is 0 Å². The molecular formula is C14H8F5N3O. The average Bonchev–Trinajstić information content (AvgIpc) is 2.93. The van der Waals surface area contributed by atoms with Gasteiger partial charge in [0.25, 0.3) is 0 Å². The Balaban J connectivity index is 2.06. The van der Waals surface area contributed by atoms with Crippen LogP contribution in [0.2, 0.25) is 0 Å². The molecule has 0 aliphatic rings. The second kappa shape index (κ2) is 5.49. The molecule has 0 radical (unpaired) electrons. The van der Waals surface area contributed by atoms with Crippen molar-refractivity contribution in [3.05, 3.63) is 48.3 Å². The summed E-state index contributed by atoms with van der Waals surface area (Å²) in [4.78, 5) is 4.08. The number of benzene rings is 1. The van der Waals surface area contributed by atoms with Gasteiger partial charge in [-0.25, -0.2) is 9.50 Å². The summed E-state index contributed by atoms with van der Waals surface area (Å²) in [6.07, 6.45) is -3.40. The van der Waals surface area contributed by atoms with Crippen molar-refractivity contribution >= 4 is 5.65 Å². The Labute approximate surface area is 126 Å². The fourth-order valence-corrected chi connectivity index (χ4v) is 2.07. The highest BCUT2D eigenvalue weighted by molar-refractivity contribution is 5.63. The van der Waals surface area contributed by atoms with Gasteiger partial charge >= 0.3 is 12.8 Å². The minimum atomic E-state index is -4.61. The molecule has 9 heteroatoms. The van der Waals surface area contributed by atoms with Gasteiger partial charge in [-0.15, -0.1) is 0 Å². The molecule has 0 aliphatic carbocycles. The predicted octanol–water partition coefficient (Wildman–Crippen LogP) is 4.02. The van der Waals surface area contributed by atoms with Crippen molar-refractivity contribution in [3.8, 4) is 17.0 Å². The van der Waals surface area contributed by atoms with Crippen LogP contribution in [0.15, 0.2) is 42.6 Å². The van der Waals surface area contributed by atoms with Crippen LogP contribution in [-0.2, 0) is 6.18 Å². The van der Waals surface area contributed by atoms with Gasteiger partial charge in [-0.1, -0.05) is 0 Å². The number of hydrogen-bond acceptors (Lipinski definition) is 3. The molecule has 2 heterocycles. The first kappa shape index (κ1) is 15.2. The Morgan fingerprint density at radius 1 is 1.04 bits per heavy atom. The van der Waals surface area contributed by atoms with E-state index < -0.39 is 18.5 Å². The lowest BCUT2D eigenvalue weighted by molar-refractivity contribution is -0.142. The molecule has 23 heavy (non-hydrogen) atoms. The lowest BCUT2D eigenvalue weighted by atomic mass is 10.1. The molecule has 0 saturated heterocycles. The third kappa shape index (κ3) is 3.08. The molecule has 3 rings (SSSR count). The zero-order valence-corrected chi connectivity index (χ0v) is 11.3. The zero-order chi connectivity index (χ0) is 16.6. The molecule has 0 amide bonds. The molecule has 4 nitrogen and oxygen atoms in total. The van der Waals surface area contributed by atoms with E-state index in [1.54, 1.807) is 0 Å². The minimum Gasteiger partial charge on any atom is -0.435 e. The maximum Gasteiger partial charge on any atom is 0.433 e. The Morgan fingerprint density at radius 2 is 1.74 bits per heavy atom. The molecule has 0 aliphatic heterocycles. The minimum absolute atomic E-state index is 0.0303. The molecule has 0 saturated carbocycles. The highest BCUT2D eigenvalue weighted by Gasteiger charge is 2.35. The lowest BCUT2D eigenvalue weighted by Crippen LogP contribution is -2.13. The van der Waals surface area contributed by atoms with Gasteiger partial charge in [-0.3, -0.25) is 0 Å². The monoisotopic (exact) mass is 329 g/mol. The van der Waals surface area contributed by atoms with Crippen LogP contribution >= 0.6 is 0 Å². The van der Waals surface area contributed by atoms with Crippen LogP contribution in [0, 0.1) is 0 Å². The molecule has 120 valence electrons. The van der Waals surface area contributed by atoms with Crippen LogP contribution in [0.3, 0.4) is 0 Å². The number of ether oxygens (including phenoxy) is 1. The van der Waals surface area contributed by atoms with E-state index in [2.05, 4.69) is 14.8 Å². The van der Waals surface area contributed by atoms with Crippen molar-refractivity contribution in [1.82, 2.24) is 14.6 Å². The smallest absolute Gasteiger partial charge is 0.433 e. The Morgan fingerprint density at radius 3 is 2.35 bits per heavy atom. The topological polar surface area (TPSA) is 39.4 Å². The number of fused-ring (bicyclic) bond motifs is 1. The number of hydrogen-bond donors (Lipinski definition) is 0. The van der Waals surface area contributed by atoms with Crippen molar-refractivity contribution in [3.63, 3.8) is 0 Å². The van der Waals surface area contributed by atoms with Gasteiger partial charge in [0, 0.05) is 11.6 Å². The zero-order valence-electron chi connectivity index (χ0n) is 11.3. The molecule has 0 unspecified atom stereocenters. The third-order valence-electron chi connectivity index (χ3n) is 3.03. The van der Waals surface area contributed by atoms with Crippen molar-refractivity contribution in [2.75, 3.05) is 0 Å². The van der Waals surface area contributed by atoms with Crippen LogP contribution in [0.4, 0.5) is 22.0 Å². The van der Waals surface area contributed by atoms with Gasteiger partial charge in [0.2, 0.25) is 0 Å². The molecule has 2 aromatic heterocycles. The number of aromatic nitrogens is 3. The largest absolute Gasteiger partial charge is 0.435 e. The molecule has 0 spiro atoms. The normalized spacial score (nSPS) is 12.1. The van der Waals surface area contributed by atoms with Crippen molar-refractivity contribution in [2.24, 2.45) is 0 Å². The standard InChI is InChI=1S/C14H8F5N3O/c15-13(16)23-9-3-1-8(2-4-9)10-7-11(14(17,18)19)22-12(21-10)5-6-20-22/h1-7,13H. The summed E-state index contributed by atoms with van der Waals surface area (Å²) in [5.41, 5.74) is -0.562. The van der Waals surface area contributed by atoms with E-state index in [0.29, 0.717) is 10.1 Å². The summed E-state index contributed by atoms with van der Waals surface area (Å²) in [6, 6.07) is 7.37. The Hall–Kier alpha value is -2.71. The quantitative estimate of drug-likeness (QED) is 0.682. The van der Waals surface area contributed by atoms with E-state index in [4.69, 9.17) is 0 Å². The first-order valence-electron chi connectivity index (χ1n) is 6.32. The Kier molecular flexibility index (Phi) is 3.63. The fraction of sp³-hybridized carbons (Fsp3) is 0.143. The molecule has 1 aromatic carbocycles. The second-order valence-electron chi connectivity index (χ2n) is 4.53. The van der Waals surface area contributed by atoms with Crippen LogP contribution < -0.4 is 4.74 Å². The number of alkyl halides is 5. The molecule has 0 bridgehead atoms. The number of halogens is 5. The van der Waals surface area contributed by atoms with E-state index in [0.717, 1.165) is 6.07 Å². The number of rotatable bonds is 3. The molecular weight excluding hydrogens is 321 g/mol. The first-order valence-corrected chi connectivity index (χ1v) is 6.32. The van der Waals surface area contributed by atoms with Gasteiger partial charge in [-0.05, 0) is 30.3 Å². The summed E-state index contributed by atoms with van der Waals surface area (Å²) in [5.74, 6) is -0.0924. The maximum atomic E-state index is 13.1. The van der Waals surface area contributed by atoms with Crippen LogP contribution in [-0.4, -0.2) is 21.2 Å². The lowest BCUT2D eigenvalue weighted by Gasteiger charge is -2.11. The van der Waals surface area contributed by atoms with Crippen molar-refractivity contribution in [1.29, 1.82) is 0 Å². The summed E-state index contributed by atoms with van der Waals surface area (Å²) in [5, 5.41) is 3.60. The van der Waals surface area contributed by atoms with Crippen molar-refractivity contribution in [2.45, 2.75) is 12.8 Å². The molecule has 0 atom stereocenters. The van der Waals surface area contributed by atoms with Gasteiger partial charge in [0.05, 0.1) is 11.9 Å². The maximum absolute atomic E-state index is 13.1. The summed E-state index contributed by atoms with van der Waals surface area (Å²) in [6.45, 7) is -2.97. The Bertz CT molecular complexity index is 827. The average molecular weight is 329 g/mol. The summed E-state index contributed by atoms with van der Waals surface area (Å²) < 4.78 is 68.4. The molecule has 0 fully saturated rings. The molecule has 0 N–H and O–H groups in total. The SMILES string of the molecule is FC(F)Oc1ccc(-c2cc(C(F)(F)F)n3nccc3n2)cc1. The molecule has 3 aromatic rings. The van der Waals surface area contributed by atoms with Crippen LogP contribution in [0.25, 0.3) is 16.9 Å².